The molecule has 0 heterocycles. The molecule has 4 heteroatoms. The monoisotopic (exact) mass is 215 g/mol. The summed E-state index contributed by atoms with van der Waals surface area (Å²) < 4.78 is 0. The lowest BCUT2D eigenvalue weighted by Gasteiger charge is -2.31. The van der Waals surface area contributed by atoms with Gasteiger partial charge >= 0.3 is 0 Å². The van der Waals surface area contributed by atoms with Crippen molar-refractivity contribution in [3.63, 3.8) is 0 Å². The first-order chi connectivity index (χ1) is 6.93. The minimum absolute atomic E-state index is 0.0745. The van der Waals surface area contributed by atoms with Gasteiger partial charge in [-0.25, -0.2) is 0 Å². The van der Waals surface area contributed by atoms with Crippen LogP contribution in [0.3, 0.4) is 0 Å². The van der Waals surface area contributed by atoms with Gasteiger partial charge in [0.15, 0.2) is 0 Å². The Kier molecular flexibility index (Phi) is 6.52. The van der Waals surface area contributed by atoms with Crippen LogP contribution in [-0.2, 0) is 4.79 Å². The predicted octanol–water partition coefficient (Wildman–Crippen LogP) is 0.380. The maximum Gasteiger partial charge on any atom is 0.226 e. The van der Waals surface area contributed by atoms with Gasteiger partial charge in [-0.15, -0.1) is 0 Å². The van der Waals surface area contributed by atoms with Crippen LogP contribution < -0.4 is 5.73 Å². The fraction of sp³-hybridized carbons (Fsp3) is 0.909. The lowest BCUT2D eigenvalue weighted by atomic mass is 10.1. The van der Waals surface area contributed by atoms with Gasteiger partial charge in [-0.05, 0) is 27.9 Å². The summed E-state index contributed by atoms with van der Waals surface area (Å²) >= 11 is 0. The smallest absolute Gasteiger partial charge is 0.226 e. The maximum absolute atomic E-state index is 12.0. The second-order valence-electron chi connectivity index (χ2n) is 4.37. The van der Waals surface area contributed by atoms with E-state index in [0.29, 0.717) is 6.54 Å². The molecular weight excluding hydrogens is 190 g/mol. The average molecular weight is 215 g/mol. The van der Waals surface area contributed by atoms with E-state index in [2.05, 4.69) is 11.8 Å². The van der Waals surface area contributed by atoms with Gasteiger partial charge in [-0.2, -0.15) is 0 Å². The molecule has 2 N–H and O–H groups in total. The Morgan fingerprint density at radius 3 is 2.20 bits per heavy atom. The van der Waals surface area contributed by atoms with Crippen molar-refractivity contribution in [3.8, 4) is 0 Å². The van der Waals surface area contributed by atoms with Crippen LogP contribution in [0.4, 0.5) is 0 Å². The van der Waals surface area contributed by atoms with Gasteiger partial charge in [0.05, 0.1) is 0 Å². The molecule has 1 amide bonds. The van der Waals surface area contributed by atoms with Crippen LogP contribution in [0.15, 0.2) is 0 Å². The Balaban J connectivity index is 4.40. The van der Waals surface area contributed by atoms with Crippen molar-refractivity contribution in [3.05, 3.63) is 0 Å². The van der Waals surface area contributed by atoms with Crippen molar-refractivity contribution < 1.29 is 4.79 Å². The lowest BCUT2D eigenvalue weighted by Crippen LogP contribution is -2.46. The van der Waals surface area contributed by atoms with Crippen molar-refractivity contribution in [2.24, 2.45) is 11.7 Å². The molecule has 15 heavy (non-hydrogen) atoms. The molecule has 2 unspecified atom stereocenters. The summed E-state index contributed by atoms with van der Waals surface area (Å²) in [7, 11) is 4.03. The molecule has 0 aromatic rings. The van der Waals surface area contributed by atoms with Gasteiger partial charge in [0.25, 0.3) is 0 Å². The highest BCUT2D eigenvalue weighted by atomic mass is 16.2. The summed E-state index contributed by atoms with van der Waals surface area (Å²) in [5.41, 5.74) is 5.51. The van der Waals surface area contributed by atoms with E-state index in [9.17, 15) is 4.79 Å². The van der Waals surface area contributed by atoms with Gasteiger partial charge in [-0.3, -0.25) is 4.79 Å². The number of rotatable bonds is 6. The zero-order valence-electron chi connectivity index (χ0n) is 10.7. The van der Waals surface area contributed by atoms with Crippen LogP contribution in [0.1, 0.15) is 20.8 Å². The van der Waals surface area contributed by atoms with Gasteiger partial charge < -0.3 is 15.5 Å². The van der Waals surface area contributed by atoms with E-state index in [1.165, 1.54) is 0 Å². The Morgan fingerprint density at radius 1 is 1.33 bits per heavy atom. The molecule has 0 radical (unpaired) electrons. The highest BCUT2D eigenvalue weighted by molar-refractivity contribution is 5.79. The normalized spacial score (nSPS) is 15.1. The molecule has 0 aliphatic heterocycles. The molecule has 0 saturated heterocycles. The predicted molar refractivity (Wildman–Crippen MR) is 63.6 cm³/mol. The molecule has 0 aliphatic rings. The SMILES string of the molecule is CCN(C(=O)C(C)CN)C(C)CN(C)C. The minimum atomic E-state index is -0.0745. The molecule has 4 nitrogen and oxygen atoms in total. The minimum Gasteiger partial charge on any atom is -0.339 e. The summed E-state index contributed by atoms with van der Waals surface area (Å²) in [5, 5.41) is 0. The molecular formula is C11H25N3O. The molecule has 0 rings (SSSR count). The van der Waals surface area contributed by atoms with Gasteiger partial charge in [0, 0.05) is 31.6 Å². The third kappa shape index (κ3) is 4.62. The first-order valence-corrected chi connectivity index (χ1v) is 5.59. The van der Waals surface area contributed by atoms with Gasteiger partial charge in [0.2, 0.25) is 5.91 Å². The van der Waals surface area contributed by atoms with Crippen molar-refractivity contribution >= 4 is 5.91 Å². The molecule has 0 bridgehead atoms. The van der Waals surface area contributed by atoms with Crippen molar-refractivity contribution in [2.75, 3.05) is 33.7 Å². The maximum atomic E-state index is 12.0. The first-order valence-electron chi connectivity index (χ1n) is 5.59. The summed E-state index contributed by atoms with van der Waals surface area (Å²) in [5.74, 6) is 0.0870. The van der Waals surface area contributed by atoms with E-state index in [0.717, 1.165) is 13.1 Å². The van der Waals surface area contributed by atoms with Crippen LogP contribution in [0.2, 0.25) is 0 Å². The highest BCUT2D eigenvalue weighted by Gasteiger charge is 2.22. The molecule has 90 valence electrons. The van der Waals surface area contributed by atoms with E-state index in [1.807, 2.05) is 32.8 Å². The molecule has 0 aliphatic carbocycles. The van der Waals surface area contributed by atoms with Crippen LogP contribution in [-0.4, -0.2) is 55.5 Å². The fourth-order valence-electron chi connectivity index (χ4n) is 1.70. The molecule has 0 aromatic heterocycles. The number of carbonyl (C=O) groups is 1. The van der Waals surface area contributed by atoms with E-state index in [4.69, 9.17) is 5.73 Å². The third-order valence-corrected chi connectivity index (χ3v) is 2.56. The Bertz CT molecular complexity index is 194. The second kappa shape index (κ2) is 6.80. The third-order valence-electron chi connectivity index (χ3n) is 2.56. The zero-order chi connectivity index (χ0) is 12.0. The topological polar surface area (TPSA) is 49.6 Å². The largest absolute Gasteiger partial charge is 0.339 e. The van der Waals surface area contributed by atoms with Crippen LogP contribution in [0, 0.1) is 5.92 Å². The number of amides is 1. The Hall–Kier alpha value is -0.610. The van der Waals surface area contributed by atoms with Gasteiger partial charge in [-0.1, -0.05) is 6.92 Å². The van der Waals surface area contributed by atoms with E-state index in [-0.39, 0.29) is 17.9 Å². The van der Waals surface area contributed by atoms with E-state index >= 15 is 0 Å². The first kappa shape index (κ1) is 14.4. The standard InChI is InChI=1S/C11H25N3O/c1-6-14(10(3)8-13(4)5)11(15)9(2)7-12/h9-10H,6-8,12H2,1-5H3. The van der Waals surface area contributed by atoms with Crippen molar-refractivity contribution in [1.82, 2.24) is 9.80 Å². The molecule has 0 spiro atoms. The number of nitrogens with two attached hydrogens (primary N) is 1. The second-order valence-corrected chi connectivity index (χ2v) is 4.37. The highest BCUT2D eigenvalue weighted by Crippen LogP contribution is 2.06. The lowest BCUT2D eigenvalue weighted by molar-refractivity contribution is -0.136. The quantitative estimate of drug-likeness (QED) is 0.697. The summed E-state index contributed by atoms with van der Waals surface area (Å²) in [6.07, 6.45) is 0. The van der Waals surface area contributed by atoms with Gasteiger partial charge in [0.1, 0.15) is 0 Å². The summed E-state index contributed by atoms with van der Waals surface area (Å²) in [4.78, 5) is 15.9. The van der Waals surface area contributed by atoms with Crippen molar-refractivity contribution in [2.45, 2.75) is 26.8 Å². The summed E-state index contributed by atoms with van der Waals surface area (Å²) in [6.45, 7) is 8.02. The zero-order valence-corrected chi connectivity index (χ0v) is 10.7. The van der Waals surface area contributed by atoms with Crippen LogP contribution in [0.5, 0.6) is 0 Å². The number of hydrogen-bond acceptors (Lipinski definition) is 3. The van der Waals surface area contributed by atoms with Crippen molar-refractivity contribution in [1.29, 1.82) is 0 Å². The Morgan fingerprint density at radius 2 is 1.87 bits per heavy atom. The number of hydrogen-bond donors (Lipinski definition) is 1. The molecule has 0 fully saturated rings. The average Bonchev–Trinajstić information content (AvgIpc) is 2.16. The van der Waals surface area contributed by atoms with E-state index < -0.39 is 0 Å². The molecule has 0 aromatic carbocycles. The summed E-state index contributed by atoms with van der Waals surface area (Å²) in [6, 6.07) is 0.242. The number of likely N-dealkylation sites (N-methyl/N-ethyl adjacent to an activating group) is 2. The van der Waals surface area contributed by atoms with Crippen LogP contribution >= 0.6 is 0 Å². The van der Waals surface area contributed by atoms with Crippen LogP contribution in [0.25, 0.3) is 0 Å². The Labute approximate surface area is 93.4 Å². The number of nitrogens with zero attached hydrogens (tertiary/aromatic N) is 2. The van der Waals surface area contributed by atoms with E-state index in [1.54, 1.807) is 0 Å². The molecule has 0 saturated carbocycles. The molecule has 2 atom stereocenters. The fourth-order valence-corrected chi connectivity index (χ4v) is 1.70. The number of carbonyl (C=O) groups excluding carboxylic acids is 1.